The van der Waals surface area contributed by atoms with Crippen LogP contribution in [0.3, 0.4) is 0 Å². The van der Waals surface area contributed by atoms with Gasteiger partial charge in [-0.15, -0.1) is 0 Å². The van der Waals surface area contributed by atoms with Crippen molar-refractivity contribution >= 4 is 21.9 Å². The zero-order chi connectivity index (χ0) is 14.7. The monoisotopic (exact) mass is 286 g/mol. The highest BCUT2D eigenvalue weighted by Crippen LogP contribution is 2.13. The fourth-order valence-electron chi connectivity index (χ4n) is 1.41. The Kier molecular flexibility index (Phi) is 4.54. The zero-order valence-corrected chi connectivity index (χ0v) is 12.2. The van der Waals surface area contributed by atoms with Crippen molar-refractivity contribution < 1.29 is 17.9 Å². The smallest absolute Gasteiger partial charge is 0.337 e. The molecule has 1 aromatic carbocycles. The molecular formula is C12H18N2O4S. The Labute approximate surface area is 113 Å². The van der Waals surface area contributed by atoms with Crippen LogP contribution in [0.25, 0.3) is 0 Å². The Bertz CT molecular complexity index is 561. The molecule has 1 rings (SSSR count). The van der Waals surface area contributed by atoms with E-state index in [1.807, 2.05) is 0 Å². The quantitative estimate of drug-likeness (QED) is 0.822. The normalized spacial score (nSPS) is 12.0. The maximum atomic E-state index is 11.8. The van der Waals surface area contributed by atoms with Crippen LogP contribution in [0, 0.1) is 0 Å². The van der Waals surface area contributed by atoms with Crippen molar-refractivity contribution in [1.29, 1.82) is 0 Å². The van der Waals surface area contributed by atoms with Gasteiger partial charge >= 0.3 is 5.97 Å². The fourth-order valence-corrected chi connectivity index (χ4v) is 2.71. The Morgan fingerprint density at radius 3 is 2.42 bits per heavy atom. The summed E-state index contributed by atoms with van der Waals surface area (Å²) in [5.74, 6) is -0.523. The van der Waals surface area contributed by atoms with Gasteiger partial charge in [0.1, 0.15) is 0 Å². The molecule has 0 saturated heterocycles. The van der Waals surface area contributed by atoms with Gasteiger partial charge in [-0.25, -0.2) is 4.79 Å². The van der Waals surface area contributed by atoms with Crippen molar-refractivity contribution in [2.24, 2.45) is 0 Å². The minimum Gasteiger partial charge on any atom is -0.465 e. The lowest BCUT2D eigenvalue weighted by atomic mass is 10.1. The highest BCUT2D eigenvalue weighted by molar-refractivity contribution is 7.90. The van der Waals surface area contributed by atoms with Crippen LogP contribution in [0.15, 0.2) is 24.3 Å². The van der Waals surface area contributed by atoms with Crippen molar-refractivity contribution in [3.8, 4) is 0 Å². The molecule has 0 atom stereocenters. The van der Waals surface area contributed by atoms with Gasteiger partial charge in [0.15, 0.2) is 0 Å². The average Bonchev–Trinajstić information content (AvgIpc) is 2.24. The third-order valence-corrected chi connectivity index (χ3v) is 3.36. The van der Waals surface area contributed by atoms with Crippen molar-refractivity contribution in [3.63, 3.8) is 0 Å². The summed E-state index contributed by atoms with van der Waals surface area (Å²) >= 11 is 0. The van der Waals surface area contributed by atoms with Crippen LogP contribution in [-0.4, -0.2) is 27.0 Å². The van der Waals surface area contributed by atoms with E-state index in [1.165, 1.54) is 13.2 Å². The molecule has 0 amide bonds. The highest BCUT2D eigenvalue weighted by atomic mass is 32.2. The van der Waals surface area contributed by atoms with Gasteiger partial charge in [0, 0.05) is 5.54 Å². The van der Waals surface area contributed by atoms with Gasteiger partial charge < -0.3 is 4.74 Å². The molecule has 19 heavy (non-hydrogen) atoms. The number of benzene rings is 1. The summed E-state index contributed by atoms with van der Waals surface area (Å²) < 4.78 is 33.0. The van der Waals surface area contributed by atoms with Crippen molar-refractivity contribution in [3.05, 3.63) is 29.8 Å². The summed E-state index contributed by atoms with van der Waals surface area (Å²) in [6, 6.07) is 6.07. The molecular weight excluding hydrogens is 268 g/mol. The van der Waals surface area contributed by atoms with E-state index in [2.05, 4.69) is 14.2 Å². The molecule has 7 heteroatoms. The van der Waals surface area contributed by atoms with Crippen molar-refractivity contribution in [2.75, 3.05) is 11.8 Å². The van der Waals surface area contributed by atoms with Crippen LogP contribution in [0.2, 0.25) is 0 Å². The van der Waals surface area contributed by atoms with Gasteiger partial charge in [-0.05, 0) is 39.0 Å². The van der Waals surface area contributed by atoms with Crippen molar-refractivity contribution in [2.45, 2.75) is 26.3 Å². The standard InChI is InChI=1S/C12H18N2O4S/c1-12(2,3)14-19(16,17)13-10-7-5-6-9(8-10)11(15)18-4/h5-8,13-14H,1-4H3. The number of rotatable bonds is 4. The Hall–Kier alpha value is -1.60. The van der Waals surface area contributed by atoms with Crippen LogP contribution in [0.4, 0.5) is 5.69 Å². The van der Waals surface area contributed by atoms with E-state index in [0.717, 1.165) is 0 Å². The summed E-state index contributed by atoms with van der Waals surface area (Å²) in [6.45, 7) is 5.20. The van der Waals surface area contributed by atoms with E-state index in [1.54, 1.807) is 39.0 Å². The molecule has 6 nitrogen and oxygen atoms in total. The number of methoxy groups -OCH3 is 1. The molecule has 0 fully saturated rings. The molecule has 0 aliphatic rings. The first-order valence-electron chi connectivity index (χ1n) is 5.63. The number of hydrogen-bond acceptors (Lipinski definition) is 4. The van der Waals surface area contributed by atoms with E-state index < -0.39 is 21.7 Å². The van der Waals surface area contributed by atoms with Crippen molar-refractivity contribution in [1.82, 2.24) is 4.72 Å². The lowest BCUT2D eigenvalue weighted by Gasteiger charge is -2.21. The summed E-state index contributed by atoms with van der Waals surface area (Å²) in [6.07, 6.45) is 0. The Balaban J connectivity index is 2.91. The summed E-state index contributed by atoms with van der Waals surface area (Å²) in [5.41, 5.74) is -0.0238. The van der Waals surface area contributed by atoms with Crippen LogP contribution >= 0.6 is 0 Å². The van der Waals surface area contributed by atoms with Crippen LogP contribution < -0.4 is 9.44 Å². The van der Waals surface area contributed by atoms with Gasteiger partial charge in [-0.3, -0.25) is 4.72 Å². The number of hydrogen-bond donors (Lipinski definition) is 2. The maximum absolute atomic E-state index is 11.8. The fraction of sp³-hybridized carbons (Fsp3) is 0.417. The van der Waals surface area contributed by atoms with Crippen LogP contribution in [0.5, 0.6) is 0 Å². The maximum Gasteiger partial charge on any atom is 0.337 e. The van der Waals surface area contributed by atoms with E-state index >= 15 is 0 Å². The molecule has 0 aliphatic heterocycles. The summed E-state index contributed by atoms with van der Waals surface area (Å²) in [4.78, 5) is 11.3. The van der Waals surface area contributed by atoms with Gasteiger partial charge in [0.05, 0.1) is 18.4 Å². The number of anilines is 1. The number of carbonyl (C=O) groups excluding carboxylic acids is 1. The molecule has 0 aromatic heterocycles. The first-order valence-corrected chi connectivity index (χ1v) is 7.11. The lowest BCUT2D eigenvalue weighted by Crippen LogP contribution is -2.43. The summed E-state index contributed by atoms with van der Waals surface area (Å²) in [5, 5.41) is 0. The number of ether oxygens (including phenoxy) is 1. The third kappa shape index (κ3) is 5.27. The van der Waals surface area contributed by atoms with Crippen LogP contribution in [0.1, 0.15) is 31.1 Å². The topological polar surface area (TPSA) is 84.5 Å². The zero-order valence-electron chi connectivity index (χ0n) is 11.4. The predicted molar refractivity (Wildman–Crippen MR) is 73.2 cm³/mol. The first kappa shape index (κ1) is 15.5. The predicted octanol–water partition coefficient (Wildman–Crippen LogP) is 1.52. The first-order chi connectivity index (χ1) is 8.63. The molecule has 0 radical (unpaired) electrons. The van der Waals surface area contributed by atoms with Gasteiger partial charge in [-0.1, -0.05) is 6.07 Å². The van der Waals surface area contributed by atoms with Gasteiger partial charge in [-0.2, -0.15) is 13.1 Å². The van der Waals surface area contributed by atoms with E-state index in [4.69, 9.17) is 0 Å². The molecule has 0 saturated carbocycles. The number of carbonyl (C=O) groups is 1. The molecule has 0 bridgehead atoms. The average molecular weight is 286 g/mol. The molecule has 106 valence electrons. The van der Waals surface area contributed by atoms with E-state index in [9.17, 15) is 13.2 Å². The second kappa shape index (κ2) is 5.58. The molecule has 0 heterocycles. The molecule has 2 N–H and O–H groups in total. The molecule has 0 unspecified atom stereocenters. The Morgan fingerprint density at radius 1 is 1.26 bits per heavy atom. The van der Waals surface area contributed by atoms with Gasteiger partial charge in [0.25, 0.3) is 10.2 Å². The Morgan fingerprint density at radius 2 is 1.89 bits per heavy atom. The minimum absolute atomic E-state index is 0.276. The second-order valence-electron chi connectivity index (χ2n) is 5.03. The SMILES string of the molecule is COC(=O)c1cccc(NS(=O)(=O)NC(C)(C)C)c1. The van der Waals surface area contributed by atoms with Crippen LogP contribution in [-0.2, 0) is 14.9 Å². The minimum atomic E-state index is -3.69. The number of esters is 1. The van der Waals surface area contributed by atoms with E-state index in [0.29, 0.717) is 5.69 Å². The second-order valence-corrected chi connectivity index (χ2v) is 6.45. The number of nitrogens with one attached hydrogen (secondary N) is 2. The lowest BCUT2D eigenvalue weighted by molar-refractivity contribution is 0.0601. The molecule has 0 aliphatic carbocycles. The largest absolute Gasteiger partial charge is 0.465 e. The molecule has 0 spiro atoms. The van der Waals surface area contributed by atoms with E-state index in [-0.39, 0.29) is 5.56 Å². The molecule has 1 aromatic rings. The van der Waals surface area contributed by atoms with Gasteiger partial charge in [0.2, 0.25) is 0 Å². The summed E-state index contributed by atoms with van der Waals surface area (Å²) in [7, 11) is -2.43. The highest BCUT2D eigenvalue weighted by Gasteiger charge is 2.19. The third-order valence-electron chi connectivity index (χ3n) is 1.98.